The van der Waals surface area contributed by atoms with Crippen LogP contribution in [0.5, 0.6) is 0 Å². The summed E-state index contributed by atoms with van der Waals surface area (Å²) < 4.78 is 28.3. The quantitative estimate of drug-likeness (QED) is 0.695. The summed E-state index contributed by atoms with van der Waals surface area (Å²) in [5.41, 5.74) is 0. The van der Waals surface area contributed by atoms with Gasteiger partial charge in [-0.1, -0.05) is 19.3 Å². The van der Waals surface area contributed by atoms with Crippen molar-refractivity contribution >= 4 is 15.8 Å². The molecular weight excluding hydrogens is 228 g/mol. The number of rotatable bonds is 5. The lowest BCUT2D eigenvalue weighted by molar-refractivity contribution is -0.140. The SMILES string of the molecule is COC(=O)CCCS(=O)(=O)C1CCCCC1. The van der Waals surface area contributed by atoms with Gasteiger partial charge in [0, 0.05) is 6.42 Å². The van der Waals surface area contributed by atoms with E-state index in [1.807, 2.05) is 0 Å². The molecule has 1 saturated carbocycles. The van der Waals surface area contributed by atoms with Gasteiger partial charge in [-0.15, -0.1) is 0 Å². The van der Waals surface area contributed by atoms with Crippen LogP contribution in [0.3, 0.4) is 0 Å². The van der Waals surface area contributed by atoms with E-state index in [2.05, 4.69) is 4.74 Å². The van der Waals surface area contributed by atoms with Crippen LogP contribution in [0.1, 0.15) is 44.9 Å². The second-order valence-corrected chi connectivity index (χ2v) is 6.71. The molecule has 4 nitrogen and oxygen atoms in total. The second-order valence-electron chi connectivity index (χ2n) is 4.31. The molecule has 0 heterocycles. The van der Waals surface area contributed by atoms with Crippen LogP contribution in [-0.4, -0.2) is 32.5 Å². The lowest BCUT2D eigenvalue weighted by atomic mass is 10.0. The Kier molecular flexibility index (Phi) is 5.25. The topological polar surface area (TPSA) is 60.4 Å². The Morgan fingerprint density at radius 1 is 1.25 bits per heavy atom. The highest BCUT2D eigenvalue weighted by Gasteiger charge is 2.26. The summed E-state index contributed by atoms with van der Waals surface area (Å²) in [6.45, 7) is 0. The summed E-state index contributed by atoms with van der Waals surface area (Å²) in [7, 11) is -1.68. The lowest BCUT2D eigenvalue weighted by Crippen LogP contribution is -2.26. The molecule has 1 aliphatic carbocycles. The fourth-order valence-corrected chi connectivity index (χ4v) is 4.04. The molecule has 0 bridgehead atoms. The third-order valence-electron chi connectivity index (χ3n) is 3.10. The van der Waals surface area contributed by atoms with Crippen LogP contribution in [0.2, 0.25) is 0 Å². The number of carbonyl (C=O) groups is 1. The minimum Gasteiger partial charge on any atom is -0.469 e. The van der Waals surface area contributed by atoms with E-state index in [4.69, 9.17) is 0 Å². The molecule has 5 heteroatoms. The van der Waals surface area contributed by atoms with Crippen LogP contribution in [0.4, 0.5) is 0 Å². The summed E-state index contributed by atoms with van der Waals surface area (Å²) >= 11 is 0. The fourth-order valence-electron chi connectivity index (χ4n) is 2.11. The summed E-state index contributed by atoms with van der Waals surface area (Å²) in [6, 6.07) is 0. The fraction of sp³-hybridized carbons (Fsp3) is 0.909. The molecule has 1 rings (SSSR count). The highest BCUT2D eigenvalue weighted by Crippen LogP contribution is 2.24. The van der Waals surface area contributed by atoms with Crippen LogP contribution in [-0.2, 0) is 19.4 Å². The minimum atomic E-state index is -3.00. The first-order chi connectivity index (χ1) is 7.56. The molecule has 0 atom stereocenters. The maximum Gasteiger partial charge on any atom is 0.305 e. The van der Waals surface area contributed by atoms with Gasteiger partial charge in [0.25, 0.3) is 0 Å². The largest absolute Gasteiger partial charge is 0.469 e. The van der Waals surface area contributed by atoms with E-state index in [1.165, 1.54) is 7.11 Å². The molecular formula is C11H20O4S. The van der Waals surface area contributed by atoms with Gasteiger partial charge in [-0.3, -0.25) is 4.79 Å². The Morgan fingerprint density at radius 3 is 2.44 bits per heavy atom. The molecule has 0 saturated heterocycles. The summed E-state index contributed by atoms with van der Waals surface area (Å²) in [5, 5.41) is -0.168. The van der Waals surface area contributed by atoms with E-state index in [1.54, 1.807) is 0 Å². The molecule has 1 aliphatic rings. The Hall–Kier alpha value is -0.580. The Morgan fingerprint density at radius 2 is 1.88 bits per heavy atom. The van der Waals surface area contributed by atoms with Gasteiger partial charge in [-0.2, -0.15) is 0 Å². The van der Waals surface area contributed by atoms with Crippen molar-refractivity contribution in [2.75, 3.05) is 12.9 Å². The van der Waals surface area contributed by atoms with Crippen molar-refractivity contribution < 1.29 is 17.9 Å². The van der Waals surface area contributed by atoms with Crippen LogP contribution in [0, 0.1) is 0 Å². The predicted molar refractivity (Wildman–Crippen MR) is 61.9 cm³/mol. The van der Waals surface area contributed by atoms with Crippen LogP contribution in [0.25, 0.3) is 0 Å². The second kappa shape index (κ2) is 6.23. The van der Waals surface area contributed by atoms with E-state index >= 15 is 0 Å². The van der Waals surface area contributed by atoms with Crippen molar-refractivity contribution in [2.45, 2.75) is 50.2 Å². The first kappa shape index (κ1) is 13.5. The normalized spacial score (nSPS) is 18.3. The first-order valence-corrected chi connectivity index (χ1v) is 7.56. The van der Waals surface area contributed by atoms with Crippen molar-refractivity contribution in [2.24, 2.45) is 0 Å². The summed E-state index contributed by atoms with van der Waals surface area (Å²) in [5.74, 6) is -0.217. The monoisotopic (exact) mass is 248 g/mol. The smallest absolute Gasteiger partial charge is 0.305 e. The van der Waals surface area contributed by atoms with Gasteiger partial charge in [0.2, 0.25) is 0 Å². The lowest BCUT2D eigenvalue weighted by Gasteiger charge is -2.21. The highest BCUT2D eigenvalue weighted by atomic mass is 32.2. The third kappa shape index (κ3) is 4.12. The van der Waals surface area contributed by atoms with Gasteiger partial charge in [0.15, 0.2) is 9.84 Å². The zero-order valence-electron chi connectivity index (χ0n) is 9.78. The number of hydrogen-bond acceptors (Lipinski definition) is 4. The highest BCUT2D eigenvalue weighted by molar-refractivity contribution is 7.92. The molecule has 94 valence electrons. The van der Waals surface area contributed by atoms with E-state index in [-0.39, 0.29) is 23.4 Å². The van der Waals surface area contributed by atoms with Crippen LogP contribution < -0.4 is 0 Å². The summed E-state index contributed by atoms with van der Waals surface area (Å²) in [4.78, 5) is 10.9. The van der Waals surface area contributed by atoms with E-state index in [0.717, 1.165) is 32.1 Å². The molecule has 0 aromatic rings. The van der Waals surface area contributed by atoms with Gasteiger partial charge in [-0.05, 0) is 19.3 Å². The Labute approximate surface area is 97.3 Å². The number of hydrogen-bond donors (Lipinski definition) is 0. The molecule has 0 aromatic carbocycles. The molecule has 1 fully saturated rings. The van der Waals surface area contributed by atoms with Crippen molar-refractivity contribution in [1.82, 2.24) is 0 Å². The Balaban J connectivity index is 2.36. The number of carbonyl (C=O) groups excluding carboxylic acids is 1. The average molecular weight is 248 g/mol. The maximum absolute atomic E-state index is 11.9. The van der Waals surface area contributed by atoms with E-state index in [9.17, 15) is 13.2 Å². The number of ether oxygens (including phenoxy) is 1. The average Bonchev–Trinajstić information content (AvgIpc) is 2.30. The van der Waals surface area contributed by atoms with Gasteiger partial charge < -0.3 is 4.74 Å². The van der Waals surface area contributed by atoms with E-state index < -0.39 is 9.84 Å². The van der Waals surface area contributed by atoms with Crippen molar-refractivity contribution in [1.29, 1.82) is 0 Å². The molecule has 0 aromatic heterocycles. The van der Waals surface area contributed by atoms with Crippen LogP contribution >= 0.6 is 0 Å². The van der Waals surface area contributed by atoms with E-state index in [0.29, 0.717) is 6.42 Å². The minimum absolute atomic E-state index is 0.118. The molecule has 0 amide bonds. The van der Waals surface area contributed by atoms with Crippen molar-refractivity contribution in [3.8, 4) is 0 Å². The predicted octanol–water partition coefficient (Wildman–Crippen LogP) is 1.69. The number of sulfone groups is 1. The molecule has 0 radical (unpaired) electrons. The van der Waals surface area contributed by atoms with Gasteiger partial charge in [-0.25, -0.2) is 8.42 Å². The van der Waals surface area contributed by atoms with Gasteiger partial charge in [0.1, 0.15) is 0 Å². The molecule has 0 spiro atoms. The third-order valence-corrected chi connectivity index (χ3v) is 5.44. The Bertz CT molecular complexity index is 315. The molecule has 0 aliphatic heterocycles. The number of methoxy groups -OCH3 is 1. The zero-order chi connectivity index (χ0) is 12.0. The summed E-state index contributed by atoms with van der Waals surface area (Å²) in [6.07, 6.45) is 5.34. The van der Waals surface area contributed by atoms with Crippen molar-refractivity contribution in [3.63, 3.8) is 0 Å². The van der Waals surface area contributed by atoms with Gasteiger partial charge >= 0.3 is 5.97 Å². The molecule has 16 heavy (non-hydrogen) atoms. The molecule has 0 N–H and O–H groups in total. The number of esters is 1. The van der Waals surface area contributed by atoms with Crippen LogP contribution in [0.15, 0.2) is 0 Å². The zero-order valence-corrected chi connectivity index (χ0v) is 10.6. The maximum atomic E-state index is 11.9. The van der Waals surface area contributed by atoms with Crippen molar-refractivity contribution in [3.05, 3.63) is 0 Å². The molecule has 0 unspecified atom stereocenters. The first-order valence-electron chi connectivity index (χ1n) is 5.84. The van der Waals surface area contributed by atoms with Gasteiger partial charge in [0.05, 0.1) is 18.1 Å². The standard InChI is InChI=1S/C11H20O4S/c1-15-11(12)8-5-9-16(13,14)10-6-3-2-4-7-10/h10H,2-9H2,1H3.